The molecule has 7 aromatic carbocycles. The Kier molecular flexibility index (Phi) is 6.01. The SMILES string of the molecule is c1ccc(-c2nc(-c3cccc4c3sc3ccccc34)nc(-c3cccc4oc5c(-c6ccc7ccccc7c6)cccc5c34)n2)cc1. The highest BCUT2D eigenvalue weighted by Crippen LogP contribution is 2.42. The summed E-state index contributed by atoms with van der Waals surface area (Å²) in [6, 6.07) is 52.6. The van der Waals surface area contributed by atoms with Crippen molar-refractivity contribution in [3.8, 4) is 45.3 Å². The Bertz CT molecular complexity index is 2850. The molecule has 10 aromatic rings. The summed E-state index contributed by atoms with van der Waals surface area (Å²) in [5.41, 5.74) is 6.66. The summed E-state index contributed by atoms with van der Waals surface area (Å²) in [7, 11) is 0. The Labute approximate surface area is 279 Å². The van der Waals surface area contributed by atoms with Crippen molar-refractivity contribution >= 4 is 64.2 Å². The Hall–Kier alpha value is -6.17. The van der Waals surface area contributed by atoms with E-state index in [0.29, 0.717) is 17.5 Å². The fourth-order valence-corrected chi connectivity index (χ4v) is 8.09. The number of fused-ring (bicyclic) bond motifs is 7. The normalized spacial score (nSPS) is 11.8. The maximum atomic E-state index is 6.66. The highest BCUT2D eigenvalue weighted by molar-refractivity contribution is 7.26. The van der Waals surface area contributed by atoms with Crippen molar-refractivity contribution in [3.63, 3.8) is 0 Å². The molecule has 224 valence electrons. The molecule has 48 heavy (non-hydrogen) atoms. The zero-order chi connectivity index (χ0) is 31.6. The molecule has 0 saturated heterocycles. The van der Waals surface area contributed by atoms with Gasteiger partial charge in [0.2, 0.25) is 0 Å². The van der Waals surface area contributed by atoms with E-state index in [1.54, 1.807) is 11.3 Å². The van der Waals surface area contributed by atoms with E-state index < -0.39 is 0 Å². The van der Waals surface area contributed by atoms with Crippen molar-refractivity contribution in [2.24, 2.45) is 0 Å². The first kappa shape index (κ1) is 27.0. The number of nitrogens with zero attached hydrogens (tertiary/aromatic N) is 3. The fourth-order valence-electron chi connectivity index (χ4n) is 6.87. The van der Waals surface area contributed by atoms with Gasteiger partial charge in [0.1, 0.15) is 11.2 Å². The number of rotatable bonds is 4. The molecule has 0 atom stereocenters. The molecule has 5 heteroatoms. The standard InChI is InChI=1S/C43H25N3OS/c1-2-12-27(13-3-1)41-44-42(46-43(45-41)35-20-9-17-32-31-15-6-7-22-37(31)48-40(32)35)34-19-10-21-36-38(34)33-18-8-16-30(39(33)47-36)29-24-23-26-11-4-5-14-28(26)25-29/h1-25H. The summed E-state index contributed by atoms with van der Waals surface area (Å²) < 4.78 is 9.08. The van der Waals surface area contributed by atoms with Crippen molar-refractivity contribution < 1.29 is 4.42 Å². The van der Waals surface area contributed by atoms with Crippen LogP contribution in [-0.2, 0) is 0 Å². The average molecular weight is 632 g/mol. The zero-order valence-corrected chi connectivity index (χ0v) is 26.4. The van der Waals surface area contributed by atoms with E-state index in [9.17, 15) is 0 Å². The minimum atomic E-state index is 0.612. The first-order valence-corrected chi connectivity index (χ1v) is 16.8. The molecular weight excluding hydrogens is 607 g/mol. The number of furan rings is 1. The molecule has 0 N–H and O–H groups in total. The Morgan fingerprint density at radius 1 is 0.438 bits per heavy atom. The number of hydrogen-bond donors (Lipinski definition) is 0. The molecule has 3 aromatic heterocycles. The van der Waals surface area contributed by atoms with E-state index in [-0.39, 0.29) is 0 Å². The third-order valence-electron chi connectivity index (χ3n) is 9.14. The van der Waals surface area contributed by atoms with Gasteiger partial charge in [0.15, 0.2) is 17.5 Å². The van der Waals surface area contributed by atoms with Gasteiger partial charge in [-0.05, 0) is 40.6 Å². The van der Waals surface area contributed by atoms with Crippen LogP contribution in [0, 0.1) is 0 Å². The molecular formula is C43H25N3OS. The van der Waals surface area contributed by atoms with Crippen LogP contribution in [0.5, 0.6) is 0 Å². The van der Waals surface area contributed by atoms with E-state index in [1.165, 1.54) is 30.9 Å². The number of para-hydroxylation sites is 1. The summed E-state index contributed by atoms with van der Waals surface area (Å²) >= 11 is 1.78. The van der Waals surface area contributed by atoms with Gasteiger partial charge in [-0.25, -0.2) is 15.0 Å². The van der Waals surface area contributed by atoms with Gasteiger partial charge in [-0.1, -0.05) is 127 Å². The van der Waals surface area contributed by atoms with Crippen molar-refractivity contribution in [2.45, 2.75) is 0 Å². The Morgan fingerprint density at radius 2 is 1.10 bits per heavy atom. The van der Waals surface area contributed by atoms with Crippen molar-refractivity contribution in [1.29, 1.82) is 0 Å². The number of hydrogen-bond acceptors (Lipinski definition) is 5. The lowest BCUT2D eigenvalue weighted by Gasteiger charge is -2.10. The second-order valence-electron chi connectivity index (χ2n) is 12.0. The third-order valence-corrected chi connectivity index (χ3v) is 10.4. The lowest BCUT2D eigenvalue weighted by molar-refractivity contribution is 0.670. The number of benzene rings is 7. The second-order valence-corrected chi connectivity index (χ2v) is 13.0. The summed E-state index contributed by atoms with van der Waals surface area (Å²) in [5, 5.41) is 6.89. The molecule has 4 nitrogen and oxygen atoms in total. The van der Waals surface area contributed by atoms with Crippen LogP contribution < -0.4 is 0 Å². The van der Waals surface area contributed by atoms with E-state index in [1.807, 2.05) is 42.5 Å². The van der Waals surface area contributed by atoms with Crippen LogP contribution in [0.4, 0.5) is 0 Å². The minimum Gasteiger partial charge on any atom is -0.455 e. The van der Waals surface area contributed by atoms with Crippen LogP contribution in [0.2, 0.25) is 0 Å². The maximum absolute atomic E-state index is 6.66. The summed E-state index contributed by atoms with van der Waals surface area (Å²) in [6.07, 6.45) is 0. The number of thiophene rings is 1. The van der Waals surface area contributed by atoms with Crippen LogP contribution in [-0.4, -0.2) is 15.0 Å². The predicted octanol–water partition coefficient (Wildman–Crippen LogP) is 12.0. The van der Waals surface area contributed by atoms with Crippen LogP contribution in [0.3, 0.4) is 0 Å². The monoisotopic (exact) mass is 631 g/mol. The third kappa shape index (κ3) is 4.25. The van der Waals surface area contributed by atoms with E-state index >= 15 is 0 Å². The molecule has 10 rings (SSSR count). The summed E-state index contributed by atoms with van der Waals surface area (Å²) in [6.45, 7) is 0. The average Bonchev–Trinajstić information content (AvgIpc) is 3.73. The van der Waals surface area contributed by atoms with E-state index in [2.05, 4.69) is 109 Å². The molecule has 0 radical (unpaired) electrons. The molecule has 0 bridgehead atoms. The molecule has 0 aliphatic rings. The largest absolute Gasteiger partial charge is 0.455 e. The van der Waals surface area contributed by atoms with Crippen molar-refractivity contribution in [2.75, 3.05) is 0 Å². The zero-order valence-electron chi connectivity index (χ0n) is 25.6. The molecule has 0 spiro atoms. The molecule has 0 aliphatic heterocycles. The van der Waals surface area contributed by atoms with E-state index in [0.717, 1.165) is 49.8 Å². The van der Waals surface area contributed by atoms with Gasteiger partial charge in [-0.3, -0.25) is 0 Å². The van der Waals surface area contributed by atoms with Crippen LogP contribution in [0.15, 0.2) is 156 Å². The van der Waals surface area contributed by atoms with Crippen molar-refractivity contribution in [1.82, 2.24) is 15.0 Å². The molecule has 0 saturated carbocycles. The smallest absolute Gasteiger partial charge is 0.165 e. The van der Waals surface area contributed by atoms with Crippen LogP contribution in [0.1, 0.15) is 0 Å². The Balaban J connectivity index is 1.22. The highest BCUT2D eigenvalue weighted by atomic mass is 32.1. The molecule has 0 unspecified atom stereocenters. The fraction of sp³-hybridized carbons (Fsp3) is 0. The van der Waals surface area contributed by atoms with Gasteiger partial charge >= 0.3 is 0 Å². The van der Waals surface area contributed by atoms with Gasteiger partial charge < -0.3 is 4.42 Å². The summed E-state index contributed by atoms with van der Waals surface area (Å²) in [4.78, 5) is 15.4. The lowest BCUT2D eigenvalue weighted by Crippen LogP contribution is -2.00. The number of aromatic nitrogens is 3. The Morgan fingerprint density at radius 3 is 2.00 bits per heavy atom. The van der Waals surface area contributed by atoms with Gasteiger partial charge in [0, 0.05) is 53.2 Å². The second kappa shape index (κ2) is 10.7. The van der Waals surface area contributed by atoms with Gasteiger partial charge in [-0.15, -0.1) is 11.3 Å². The highest BCUT2D eigenvalue weighted by Gasteiger charge is 2.21. The first-order valence-electron chi connectivity index (χ1n) is 15.9. The predicted molar refractivity (Wildman–Crippen MR) is 199 cm³/mol. The van der Waals surface area contributed by atoms with E-state index in [4.69, 9.17) is 19.4 Å². The van der Waals surface area contributed by atoms with Gasteiger partial charge in [-0.2, -0.15) is 0 Å². The lowest BCUT2D eigenvalue weighted by atomic mass is 9.98. The van der Waals surface area contributed by atoms with Crippen molar-refractivity contribution in [3.05, 3.63) is 152 Å². The van der Waals surface area contributed by atoms with Gasteiger partial charge in [0.05, 0.1) is 0 Å². The maximum Gasteiger partial charge on any atom is 0.165 e. The molecule has 0 aliphatic carbocycles. The molecule has 3 heterocycles. The molecule has 0 fully saturated rings. The van der Waals surface area contributed by atoms with Gasteiger partial charge in [0.25, 0.3) is 0 Å². The van der Waals surface area contributed by atoms with Crippen LogP contribution in [0.25, 0.3) is 98.2 Å². The quantitative estimate of drug-likeness (QED) is 0.194. The van der Waals surface area contributed by atoms with Crippen LogP contribution >= 0.6 is 11.3 Å². The molecule has 0 amide bonds. The minimum absolute atomic E-state index is 0.612. The topological polar surface area (TPSA) is 51.8 Å². The first-order chi connectivity index (χ1) is 23.8. The summed E-state index contributed by atoms with van der Waals surface area (Å²) in [5.74, 6) is 1.90.